The molecule has 1 rings (SSSR count). The monoisotopic (exact) mass is 127 g/mol. The van der Waals surface area contributed by atoms with Gasteiger partial charge in [0.1, 0.15) is 5.76 Å². The molecule has 0 amide bonds. The van der Waals surface area contributed by atoms with Crippen LogP contribution in [0.3, 0.4) is 0 Å². The first kappa shape index (κ1) is 6.16. The van der Waals surface area contributed by atoms with Gasteiger partial charge in [-0.1, -0.05) is 0 Å². The van der Waals surface area contributed by atoms with Crippen LogP contribution in [0, 0.1) is 6.92 Å². The van der Waals surface area contributed by atoms with E-state index in [1.807, 2.05) is 0 Å². The van der Waals surface area contributed by atoms with Crippen molar-refractivity contribution in [2.45, 2.75) is 13.5 Å². The van der Waals surface area contributed by atoms with E-state index in [1.54, 1.807) is 13.0 Å². The number of aliphatic hydroxyl groups excluding tert-OH is 1. The Bertz CT molecular complexity index is 205. The van der Waals surface area contributed by atoms with Crippen molar-refractivity contribution in [2.24, 2.45) is 0 Å². The molecule has 3 N–H and O–H groups in total. The molecule has 0 aliphatic rings. The van der Waals surface area contributed by atoms with Crippen LogP contribution in [0.2, 0.25) is 0 Å². The molecule has 0 saturated heterocycles. The van der Waals surface area contributed by atoms with E-state index < -0.39 is 0 Å². The van der Waals surface area contributed by atoms with Crippen molar-refractivity contribution in [3.8, 4) is 0 Å². The van der Waals surface area contributed by atoms with E-state index >= 15 is 0 Å². The molecule has 0 aliphatic carbocycles. The summed E-state index contributed by atoms with van der Waals surface area (Å²) in [5.74, 6) is 1.05. The van der Waals surface area contributed by atoms with Crippen LogP contribution in [-0.2, 0) is 6.61 Å². The zero-order valence-corrected chi connectivity index (χ0v) is 5.22. The van der Waals surface area contributed by atoms with Crippen molar-refractivity contribution in [3.63, 3.8) is 0 Å². The van der Waals surface area contributed by atoms with Gasteiger partial charge in [0, 0.05) is 11.6 Å². The largest absolute Gasteiger partial charge is 0.446 e. The molecule has 0 bridgehead atoms. The highest BCUT2D eigenvalue weighted by Gasteiger charge is 2.01. The minimum atomic E-state index is -0.00741. The molecule has 0 atom stereocenters. The van der Waals surface area contributed by atoms with Crippen molar-refractivity contribution in [1.82, 2.24) is 0 Å². The van der Waals surface area contributed by atoms with Gasteiger partial charge in [0.25, 0.3) is 0 Å². The number of furan rings is 1. The molecular weight excluding hydrogens is 118 g/mol. The number of aryl methyl sites for hydroxylation is 1. The standard InChI is InChI=1S/C6H9NO2/c1-4-5(3-8)2-6(7)9-4/h2,8H,3,7H2,1H3. The van der Waals surface area contributed by atoms with Crippen LogP contribution in [0.15, 0.2) is 10.5 Å². The Morgan fingerprint density at radius 1 is 1.78 bits per heavy atom. The van der Waals surface area contributed by atoms with E-state index in [0.717, 1.165) is 5.56 Å². The van der Waals surface area contributed by atoms with Crippen molar-refractivity contribution in [2.75, 3.05) is 5.73 Å². The van der Waals surface area contributed by atoms with Crippen LogP contribution in [0.4, 0.5) is 5.88 Å². The van der Waals surface area contributed by atoms with Gasteiger partial charge in [-0.2, -0.15) is 0 Å². The van der Waals surface area contributed by atoms with Crippen molar-refractivity contribution in [1.29, 1.82) is 0 Å². The lowest BCUT2D eigenvalue weighted by Gasteiger charge is -1.85. The molecule has 3 nitrogen and oxygen atoms in total. The highest BCUT2D eigenvalue weighted by atomic mass is 16.4. The molecule has 50 valence electrons. The topological polar surface area (TPSA) is 59.4 Å². The first-order chi connectivity index (χ1) is 4.24. The Balaban J connectivity index is 3.01. The number of aliphatic hydroxyl groups is 1. The summed E-state index contributed by atoms with van der Waals surface area (Å²) >= 11 is 0. The predicted octanol–water partition coefficient (Wildman–Crippen LogP) is 0.663. The smallest absolute Gasteiger partial charge is 0.190 e. The van der Waals surface area contributed by atoms with Gasteiger partial charge in [0.05, 0.1) is 6.61 Å². The zero-order valence-electron chi connectivity index (χ0n) is 5.22. The maximum absolute atomic E-state index is 8.62. The van der Waals surface area contributed by atoms with E-state index in [9.17, 15) is 0 Å². The Morgan fingerprint density at radius 3 is 2.67 bits per heavy atom. The number of hydrogen-bond donors (Lipinski definition) is 2. The number of rotatable bonds is 1. The van der Waals surface area contributed by atoms with Crippen LogP contribution in [0.5, 0.6) is 0 Å². The molecule has 0 spiro atoms. The molecule has 3 heteroatoms. The molecule has 9 heavy (non-hydrogen) atoms. The molecule has 0 fully saturated rings. The van der Waals surface area contributed by atoms with Gasteiger partial charge in [0.15, 0.2) is 5.88 Å². The fraction of sp³-hybridized carbons (Fsp3) is 0.333. The van der Waals surface area contributed by atoms with Crippen LogP contribution in [0.1, 0.15) is 11.3 Å². The molecular formula is C6H9NO2. The minimum Gasteiger partial charge on any atom is -0.446 e. The van der Waals surface area contributed by atoms with E-state index in [2.05, 4.69) is 0 Å². The third-order valence-corrected chi connectivity index (χ3v) is 1.21. The SMILES string of the molecule is Cc1oc(N)cc1CO. The normalized spacial score (nSPS) is 10.0. The van der Waals surface area contributed by atoms with Crippen molar-refractivity contribution in [3.05, 3.63) is 17.4 Å². The molecule has 0 radical (unpaired) electrons. The zero-order chi connectivity index (χ0) is 6.85. The van der Waals surface area contributed by atoms with Crippen LogP contribution < -0.4 is 5.73 Å². The average molecular weight is 127 g/mol. The third-order valence-electron chi connectivity index (χ3n) is 1.21. The highest BCUT2D eigenvalue weighted by molar-refractivity contribution is 5.32. The summed E-state index contributed by atoms with van der Waals surface area (Å²) in [4.78, 5) is 0. The van der Waals surface area contributed by atoms with Gasteiger partial charge in [-0.3, -0.25) is 0 Å². The van der Waals surface area contributed by atoms with Gasteiger partial charge in [-0.15, -0.1) is 0 Å². The Hall–Kier alpha value is -0.960. The lowest BCUT2D eigenvalue weighted by molar-refractivity contribution is 0.279. The maximum atomic E-state index is 8.62. The van der Waals surface area contributed by atoms with E-state index in [0.29, 0.717) is 11.6 Å². The fourth-order valence-corrected chi connectivity index (χ4v) is 0.702. The Labute approximate surface area is 53.1 Å². The molecule has 0 aliphatic heterocycles. The first-order valence-electron chi connectivity index (χ1n) is 2.69. The lowest BCUT2D eigenvalue weighted by atomic mass is 10.3. The summed E-state index contributed by atoms with van der Waals surface area (Å²) in [5.41, 5.74) is 6.03. The minimum absolute atomic E-state index is 0.00741. The number of nitrogens with two attached hydrogens (primary N) is 1. The summed E-state index contributed by atoms with van der Waals surface area (Å²) in [6, 6.07) is 1.62. The van der Waals surface area contributed by atoms with Crippen LogP contribution in [0.25, 0.3) is 0 Å². The van der Waals surface area contributed by atoms with Gasteiger partial charge >= 0.3 is 0 Å². The molecule has 1 heterocycles. The fourth-order valence-electron chi connectivity index (χ4n) is 0.702. The number of anilines is 1. The summed E-state index contributed by atoms with van der Waals surface area (Å²) in [6.45, 7) is 1.76. The third kappa shape index (κ3) is 1.05. The maximum Gasteiger partial charge on any atom is 0.190 e. The van der Waals surface area contributed by atoms with Crippen molar-refractivity contribution >= 4 is 5.88 Å². The van der Waals surface area contributed by atoms with Gasteiger partial charge in [-0.25, -0.2) is 0 Å². The molecule has 0 saturated carbocycles. The van der Waals surface area contributed by atoms with Gasteiger partial charge in [-0.05, 0) is 6.92 Å². The van der Waals surface area contributed by atoms with Crippen LogP contribution in [-0.4, -0.2) is 5.11 Å². The van der Waals surface area contributed by atoms with Gasteiger partial charge in [0.2, 0.25) is 0 Å². The molecule has 1 aromatic rings. The molecule has 0 unspecified atom stereocenters. The van der Waals surface area contributed by atoms with Crippen molar-refractivity contribution < 1.29 is 9.52 Å². The predicted molar refractivity (Wildman–Crippen MR) is 33.8 cm³/mol. The quantitative estimate of drug-likeness (QED) is 0.582. The van der Waals surface area contributed by atoms with Crippen LogP contribution >= 0.6 is 0 Å². The summed E-state index contributed by atoms with van der Waals surface area (Å²) in [5, 5.41) is 8.62. The lowest BCUT2D eigenvalue weighted by Crippen LogP contribution is -1.80. The average Bonchev–Trinajstić information content (AvgIpc) is 2.10. The highest BCUT2D eigenvalue weighted by Crippen LogP contribution is 2.14. The number of hydrogen-bond acceptors (Lipinski definition) is 3. The summed E-state index contributed by atoms with van der Waals surface area (Å²) < 4.78 is 4.92. The second-order valence-corrected chi connectivity index (χ2v) is 1.89. The van der Waals surface area contributed by atoms with E-state index in [4.69, 9.17) is 15.3 Å². The van der Waals surface area contributed by atoms with Gasteiger partial charge < -0.3 is 15.3 Å². The summed E-state index contributed by atoms with van der Waals surface area (Å²) in [7, 11) is 0. The second-order valence-electron chi connectivity index (χ2n) is 1.89. The Kier molecular flexibility index (Phi) is 1.44. The first-order valence-corrected chi connectivity index (χ1v) is 2.69. The molecule has 0 aromatic carbocycles. The van der Waals surface area contributed by atoms with E-state index in [1.165, 1.54) is 0 Å². The second kappa shape index (κ2) is 2.11. The Morgan fingerprint density at radius 2 is 2.44 bits per heavy atom. The number of nitrogen functional groups attached to an aromatic ring is 1. The van der Waals surface area contributed by atoms with E-state index in [-0.39, 0.29) is 6.61 Å². The molecule has 1 aromatic heterocycles. The summed E-state index contributed by atoms with van der Waals surface area (Å²) in [6.07, 6.45) is 0.